The summed E-state index contributed by atoms with van der Waals surface area (Å²) in [5, 5.41) is 27.1. The van der Waals surface area contributed by atoms with Gasteiger partial charge in [0.15, 0.2) is 0 Å². The molecule has 0 aliphatic carbocycles. The Balaban J connectivity index is 2.24. The molecule has 9 heteroatoms. The molecule has 0 radical (unpaired) electrons. The van der Waals surface area contributed by atoms with Crippen LogP contribution in [0.5, 0.6) is 11.5 Å². The summed E-state index contributed by atoms with van der Waals surface area (Å²) in [6.45, 7) is 3.66. The SMILES string of the molecule is CCOc1cc([N+](=O)[O-])cc(/C=N\NC(=O)c2ccc(C)cc2Cl)c1[O-]. The number of hydrazone groups is 1. The number of nitrogens with zero attached hydrogens (tertiary/aromatic N) is 2. The first-order valence-electron chi connectivity index (χ1n) is 7.55. The first-order chi connectivity index (χ1) is 12.3. The molecule has 1 N–H and O–H groups in total. The Kier molecular flexibility index (Phi) is 6.13. The first kappa shape index (κ1) is 19.2. The van der Waals surface area contributed by atoms with Crippen LogP contribution in [0, 0.1) is 17.0 Å². The number of halogens is 1. The van der Waals surface area contributed by atoms with Gasteiger partial charge in [0.1, 0.15) is 5.75 Å². The number of nitrogens with one attached hydrogen (secondary N) is 1. The van der Waals surface area contributed by atoms with Crippen LogP contribution in [0.4, 0.5) is 5.69 Å². The number of ether oxygens (including phenoxy) is 1. The summed E-state index contributed by atoms with van der Waals surface area (Å²) in [5.41, 5.74) is 2.94. The van der Waals surface area contributed by atoms with E-state index in [1.165, 1.54) is 0 Å². The Labute approximate surface area is 154 Å². The number of carbonyl (C=O) groups excluding carboxylic acids is 1. The molecule has 2 aromatic rings. The van der Waals surface area contributed by atoms with Crippen molar-refractivity contribution >= 4 is 29.4 Å². The third kappa shape index (κ3) is 4.48. The lowest BCUT2D eigenvalue weighted by Gasteiger charge is -2.16. The minimum absolute atomic E-state index is 0.0852. The number of hydrogen-bond donors (Lipinski definition) is 1. The van der Waals surface area contributed by atoms with E-state index in [1.54, 1.807) is 25.1 Å². The average Bonchev–Trinajstić information content (AvgIpc) is 2.57. The molecule has 8 nitrogen and oxygen atoms in total. The highest BCUT2D eigenvalue weighted by atomic mass is 35.5. The Bertz CT molecular complexity index is 883. The quantitative estimate of drug-likeness (QED) is 0.472. The Hall–Kier alpha value is -3.13. The first-order valence-corrected chi connectivity index (χ1v) is 7.93. The van der Waals surface area contributed by atoms with Crippen LogP contribution < -0.4 is 15.3 Å². The molecule has 2 rings (SSSR count). The van der Waals surface area contributed by atoms with E-state index in [0.717, 1.165) is 23.9 Å². The van der Waals surface area contributed by atoms with Gasteiger partial charge in [-0.05, 0) is 37.1 Å². The van der Waals surface area contributed by atoms with E-state index in [2.05, 4.69) is 10.5 Å². The molecule has 0 aliphatic heterocycles. The van der Waals surface area contributed by atoms with Crippen molar-refractivity contribution in [3.05, 3.63) is 62.2 Å². The Morgan fingerprint density at radius 3 is 2.73 bits per heavy atom. The van der Waals surface area contributed by atoms with E-state index in [0.29, 0.717) is 0 Å². The van der Waals surface area contributed by atoms with Crippen molar-refractivity contribution in [1.82, 2.24) is 5.43 Å². The van der Waals surface area contributed by atoms with E-state index in [4.69, 9.17) is 16.3 Å². The number of amides is 1. The summed E-state index contributed by atoms with van der Waals surface area (Å²) < 4.78 is 5.11. The standard InChI is InChI=1S/C17H16ClN3O5/c1-3-26-15-8-12(21(24)25)7-11(16(15)22)9-19-20-17(23)13-5-4-10(2)6-14(13)18/h4-9,22H,3H2,1-2H3,(H,20,23)/p-1/b19-9-. The number of nitro groups is 1. The number of rotatable bonds is 6. The second kappa shape index (κ2) is 8.30. The van der Waals surface area contributed by atoms with Crippen molar-refractivity contribution in [1.29, 1.82) is 0 Å². The molecule has 0 fully saturated rings. The maximum absolute atomic E-state index is 12.2. The molecule has 0 spiro atoms. The molecule has 0 saturated heterocycles. The molecular formula is C17H15ClN3O5-. The molecule has 2 aromatic carbocycles. The summed E-state index contributed by atoms with van der Waals surface area (Å²) in [6, 6.07) is 7.00. The van der Waals surface area contributed by atoms with Crippen LogP contribution in [-0.2, 0) is 0 Å². The lowest BCUT2D eigenvalue weighted by molar-refractivity contribution is -0.385. The van der Waals surface area contributed by atoms with Crippen LogP contribution in [0.3, 0.4) is 0 Å². The highest BCUT2D eigenvalue weighted by Gasteiger charge is 2.12. The lowest BCUT2D eigenvalue weighted by atomic mass is 10.1. The van der Waals surface area contributed by atoms with Crippen molar-refractivity contribution in [2.45, 2.75) is 13.8 Å². The number of nitro benzene ring substituents is 1. The van der Waals surface area contributed by atoms with Gasteiger partial charge in [-0.15, -0.1) is 0 Å². The molecule has 0 saturated carbocycles. The van der Waals surface area contributed by atoms with Crippen molar-refractivity contribution in [2.24, 2.45) is 5.10 Å². The van der Waals surface area contributed by atoms with Crippen molar-refractivity contribution in [3.63, 3.8) is 0 Å². The zero-order chi connectivity index (χ0) is 19.3. The summed E-state index contributed by atoms with van der Waals surface area (Å²) in [7, 11) is 0. The van der Waals surface area contributed by atoms with Gasteiger partial charge in [-0.25, -0.2) is 5.43 Å². The van der Waals surface area contributed by atoms with Gasteiger partial charge in [0.05, 0.1) is 34.4 Å². The van der Waals surface area contributed by atoms with Crippen molar-refractivity contribution in [3.8, 4) is 11.5 Å². The van der Waals surface area contributed by atoms with Gasteiger partial charge in [0, 0.05) is 6.07 Å². The largest absolute Gasteiger partial charge is 0.870 e. The van der Waals surface area contributed by atoms with Gasteiger partial charge in [0.25, 0.3) is 11.6 Å². The molecule has 1 amide bonds. The van der Waals surface area contributed by atoms with Crippen molar-refractivity contribution < 1.29 is 19.6 Å². The minimum Gasteiger partial charge on any atom is -0.870 e. The number of hydrogen-bond acceptors (Lipinski definition) is 6. The van der Waals surface area contributed by atoms with E-state index >= 15 is 0 Å². The molecule has 0 heterocycles. The Morgan fingerprint density at radius 1 is 1.38 bits per heavy atom. The van der Waals surface area contributed by atoms with Gasteiger partial charge >= 0.3 is 0 Å². The average molecular weight is 377 g/mol. The molecule has 0 unspecified atom stereocenters. The second-order valence-electron chi connectivity index (χ2n) is 5.23. The van der Waals surface area contributed by atoms with Gasteiger partial charge in [0.2, 0.25) is 0 Å². The van der Waals surface area contributed by atoms with E-state index in [-0.39, 0.29) is 34.2 Å². The van der Waals surface area contributed by atoms with Gasteiger partial charge in [-0.2, -0.15) is 5.10 Å². The number of non-ortho nitro benzene ring substituents is 1. The number of benzene rings is 2. The van der Waals surface area contributed by atoms with Crippen LogP contribution >= 0.6 is 11.6 Å². The molecular weight excluding hydrogens is 362 g/mol. The van der Waals surface area contributed by atoms with Crippen LogP contribution in [0.1, 0.15) is 28.4 Å². The molecule has 0 atom stereocenters. The topological polar surface area (TPSA) is 117 Å². The highest BCUT2D eigenvalue weighted by molar-refractivity contribution is 6.33. The van der Waals surface area contributed by atoms with Crippen LogP contribution in [0.25, 0.3) is 0 Å². The zero-order valence-corrected chi connectivity index (χ0v) is 14.7. The summed E-state index contributed by atoms with van der Waals surface area (Å²) in [4.78, 5) is 22.4. The van der Waals surface area contributed by atoms with Crippen LogP contribution in [0.2, 0.25) is 5.02 Å². The fourth-order valence-electron chi connectivity index (χ4n) is 2.10. The normalized spacial score (nSPS) is 10.7. The third-order valence-electron chi connectivity index (χ3n) is 3.32. The maximum atomic E-state index is 12.2. The van der Waals surface area contributed by atoms with E-state index in [9.17, 15) is 20.0 Å². The van der Waals surface area contributed by atoms with E-state index < -0.39 is 16.6 Å². The summed E-state index contributed by atoms with van der Waals surface area (Å²) in [5.74, 6) is -1.30. The van der Waals surface area contributed by atoms with Crippen molar-refractivity contribution in [2.75, 3.05) is 6.61 Å². The number of carbonyl (C=O) groups is 1. The van der Waals surface area contributed by atoms with Gasteiger partial charge in [-0.1, -0.05) is 23.4 Å². The molecule has 136 valence electrons. The minimum atomic E-state index is -0.649. The predicted molar refractivity (Wildman–Crippen MR) is 95.0 cm³/mol. The zero-order valence-electron chi connectivity index (χ0n) is 14.0. The maximum Gasteiger partial charge on any atom is 0.273 e. The molecule has 0 aliphatic rings. The molecule has 26 heavy (non-hydrogen) atoms. The highest BCUT2D eigenvalue weighted by Crippen LogP contribution is 2.31. The number of aryl methyl sites for hydroxylation is 1. The second-order valence-corrected chi connectivity index (χ2v) is 5.64. The third-order valence-corrected chi connectivity index (χ3v) is 3.63. The van der Waals surface area contributed by atoms with E-state index in [1.807, 2.05) is 6.92 Å². The fourth-order valence-corrected chi connectivity index (χ4v) is 2.42. The van der Waals surface area contributed by atoms with Gasteiger partial charge < -0.3 is 9.84 Å². The van der Waals surface area contributed by atoms with Crippen LogP contribution in [-0.4, -0.2) is 23.7 Å². The Morgan fingerprint density at radius 2 is 2.12 bits per heavy atom. The fraction of sp³-hybridized carbons (Fsp3) is 0.176. The van der Waals surface area contributed by atoms with Crippen LogP contribution in [0.15, 0.2) is 35.4 Å². The molecule has 0 bridgehead atoms. The smallest absolute Gasteiger partial charge is 0.273 e. The molecule has 0 aromatic heterocycles. The summed E-state index contributed by atoms with van der Waals surface area (Å²) in [6.07, 6.45) is 1.03. The van der Waals surface area contributed by atoms with Gasteiger partial charge in [-0.3, -0.25) is 14.9 Å². The lowest BCUT2D eigenvalue weighted by Crippen LogP contribution is -2.18. The summed E-state index contributed by atoms with van der Waals surface area (Å²) >= 11 is 6.00. The predicted octanol–water partition coefficient (Wildman–Crippen LogP) is 2.79. The monoisotopic (exact) mass is 376 g/mol.